The van der Waals surface area contributed by atoms with Gasteiger partial charge in [0.15, 0.2) is 0 Å². The number of carboxylic acids is 1. The number of aromatic carboxylic acids is 1. The lowest BCUT2D eigenvalue weighted by molar-refractivity contribution is -0.148. The molecule has 124 valence electrons. The van der Waals surface area contributed by atoms with Crippen LogP contribution in [0.25, 0.3) is 0 Å². The molecule has 0 radical (unpaired) electrons. The van der Waals surface area contributed by atoms with Gasteiger partial charge in [-0.25, -0.2) is 4.79 Å². The molecule has 2 heterocycles. The molecule has 6 nitrogen and oxygen atoms in total. The molecule has 0 aromatic carbocycles. The molecular weight excluding hydrogens is 294 g/mol. The molecule has 3 rings (SSSR count). The van der Waals surface area contributed by atoms with E-state index in [1.165, 1.54) is 6.20 Å². The predicted octanol–water partition coefficient (Wildman–Crippen LogP) is 2.49. The van der Waals surface area contributed by atoms with Crippen LogP contribution in [0.1, 0.15) is 54.9 Å². The van der Waals surface area contributed by atoms with Crippen LogP contribution >= 0.6 is 0 Å². The van der Waals surface area contributed by atoms with Crippen LogP contribution in [-0.2, 0) is 4.79 Å². The minimum Gasteiger partial charge on any atom is -0.478 e. The summed E-state index contributed by atoms with van der Waals surface area (Å²) in [4.78, 5) is 25.7. The summed E-state index contributed by atoms with van der Waals surface area (Å²) in [6.45, 7) is 5.22. The lowest BCUT2D eigenvalue weighted by atomic mass is 9.65. The van der Waals surface area contributed by atoms with Gasteiger partial charge in [0.1, 0.15) is 0 Å². The van der Waals surface area contributed by atoms with Crippen molar-refractivity contribution in [2.75, 3.05) is 13.1 Å². The van der Waals surface area contributed by atoms with Gasteiger partial charge in [-0.1, -0.05) is 12.5 Å². The maximum atomic E-state index is 12.8. The number of piperidine rings is 1. The van der Waals surface area contributed by atoms with E-state index in [9.17, 15) is 9.59 Å². The van der Waals surface area contributed by atoms with Gasteiger partial charge in [-0.05, 0) is 32.1 Å². The Morgan fingerprint density at radius 2 is 2.09 bits per heavy atom. The Hall–Kier alpha value is -2.11. The molecule has 1 saturated heterocycles. The van der Waals surface area contributed by atoms with Crippen molar-refractivity contribution in [3.05, 3.63) is 30.6 Å². The number of carbonyl (C=O) groups excluding carboxylic acids is 1. The van der Waals surface area contributed by atoms with Crippen LogP contribution in [-0.4, -0.2) is 44.8 Å². The summed E-state index contributed by atoms with van der Waals surface area (Å²) in [6, 6.07) is 0.170. The second-order valence-corrected chi connectivity index (χ2v) is 6.66. The number of carbonyl (C=O) groups is 2. The molecule has 23 heavy (non-hydrogen) atoms. The van der Waals surface area contributed by atoms with Crippen molar-refractivity contribution in [1.29, 1.82) is 0 Å². The number of allylic oxidation sites excluding steroid dienone is 1. The number of rotatable bonds is 5. The van der Waals surface area contributed by atoms with Crippen LogP contribution in [0, 0.1) is 5.41 Å². The van der Waals surface area contributed by atoms with E-state index in [1.54, 1.807) is 10.9 Å². The normalized spacial score (nSPS) is 20.8. The number of aromatic nitrogens is 2. The van der Waals surface area contributed by atoms with Crippen molar-refractivity contribution >= 4 is 11.9 Å². The van der Waals surface area contributed by atoms with Crippen molar-refractivity contribution in [1.82, 2.24) is 14.7 Å². The average Bonchev–Trinajstić information content (AvgIpc) is 3.00. The van der Waals surface area contributed by atoms with Crippen LogP contribution in [0.15, 0.2) is 25.0 Å². The number of nitrogens with zero attached hydrogens (tertiary/aromatic N) is 3. The fourth-order valence-electron chi connectivity index (χ4n) is 3.70. The minimum absolute atomic E-state index is 0.170. The molecule has 6 heteroatoms. The zero-order chi connectivity index (χ0) is 16.4. The number of likely N-dealkylation sites (tertiary alicyclic amines) is 1. The Morgan fingerprint density at radius 3 is 2.57 bits per heavy atom. The first-order valence-corrected chi connectivity index (χ1v) is 8.23. The number of amides is 1. The molecule has 2 aliphatic rings. The SMILES string of the molecule is C=CCC1(C(=O)N2CCC(n3cc(C(=O)O)cn3)CC2)CCC1. The van der Waals surface area contributed by atoms with E-state index in [2.05, 4.69) is 11.7 Å². The summed E-state index contributed by atoms with van der Waals surface area (Å²) in [5.41, 5.74) is 0.0134. The monoisotopic (exact) mass is 317 g/mol. The Morgan fingerprint density at radius 1 is 1.39 bits per heavy atom. The van der Waals surface area contributed by atoms with E-state index in [4.69, 9.17) is 5.11 Å². The summed E-state index contributed by atoms with van der Waals surface area (Å²) in [5.74, 6) is -0.686. The third-order valence-electron chi connectivity index (χ3n) is 5.27. The first kappa shape index (κ1) is 15.8. The van der Waals surface area contributed by atoms with Crippen molar-refractivity contribution in [2.45, 2.75) is 44.6 Å². The minimum atomic E-state index is -0.958. The predicted molar refractivity (Wildman–Crippen MR) is 85.1 cm³/mol. The van der Waals surface area contributed by atoms with Gasteiger partial charge in [0.05, 0.1) is 23.2 Å². The molecule has 1 aromatic rings. The highest BCUT2D eigenvalue weighted by Gasteiger charge is 2.45. The summed E-state index contributed by atoms with van der Waals surface area (Å²) >= 11 is 0. The highest BCUT2D eigenvalue weighted by molar-refractivity contribution is 5.86. The van der Waals surface area contributed by atoms with Crippen LogP contribution in [0.2, 0.25) is 0 Å². The van der Waals surface area contributed by atoms with Crippen molar-refractivity contribution in [3.8, 4) is 0 Å². The molecule has 0 unspecified atom stereocenters. The fourth-order valence-corrected chi connectivity index (χ4v) is 3.70. The summed E-state index contributed by atoms with van der Waals surface area (Å²) in [7, 11) is 0. The van der Waals surface area contributed by atoms with Gasteiger partial charge in [0.25, 0.3) is 0 Å². The maximum Gasteiger partial charge on any atom is 0.338 e. The van der Waals surface area contributed by atoms with Crippen molar-refractivity contribution in [2.24, 2.45) is 5.41 Å². The summed E-state index contributed by atoms with van der Waals surface area (Å²) in [6.07, 6.45) is 10.3. The van der Waals surface area contributed by atoms with Gasteiger partial charge in [-0.2, -0.15) is 5.10 Å². The van der Waals surface area contributed by atoms with E-state index in [-0.39, 0.29) is 22.9 Å². The van der Waals surface area contributed by atoms with Crippen molar-refractivity contribution in [3.63, 3.8) is 0 Å². The van der Waals surface area contributed by atoms with Gasteiger partial charge in [-0.3, -0.25) is 9.48 Å². The van der Waals surface area contributed by atoms with Crippen LogP contribution in [0.4, 0.5) is 0 Å². The quantitative estimate of drug-likeness (QED) is 0.847. The molecule has 2 fully saturated rings. The molecule has 1 aliphatic heterocycles. The van der Waals surface area contributed by atoms with Crippen LogP contribution in [0.5, 0.6) is 0 Å². The van der Waals surface area contributed by atoms with E-state index < -0.39 is 5.97 Å². The molecule has 0 bridgehead atoms. The van der Waals surface area contributed by atoms with Gasteiger partial charge in [0.2, 0.25) is 5.91 Å². The highest BCUT2D eigenvalue weighted by Crippen LogP contribution is 2.46. The zero-order valence-electron chi connectivity index (χ0n) is 13.3. The first-order chi connectivity index (χ1) is 11.1. The number of carboxylic acid groups (broad SMARTS) is 1. The third kappa shape index (κ3) is 2.90. The maximum absolute atomic E-state index is 12.8. The van der Waals surface area contributed by atoms with E-state index in [0.717, 1.165) is 38.5 Å². The largest absolute Gasteiger partial charge is 0.478 e. The van der Waals surface area contributed by atoms with Gasteiger partial charge >= 0.3 is 5.97 Å². The second kappa shape index (κ2) is 6.18. The summed E-state index contributed by atoms with van der Waals surface area (Å²) in [5, 5.41) is 13.1. The standard InChI is InChI=1S/C17H23N3O3/c1-2-6-17(7-3-8-17)16(23)19-9-4-14(5-10-19)20-12-13(11-18-20)15(21)22/h2,11-12,14H,1,3-10H2,(H,21,22). The third-order valence-corrected chi connectivity index (χ3v) is 5.27. The average molecular weight is 317 g/mol. The zero-order valence-corrected chi connectivity index (χ0v) is 13.3. The van der Waals surface area contributed by atoms with Gasteiger partial charge < -0.3 is 10.0 Å². The van der Waals surface area contributed by atoms with Crippen molar-refractivity contribution < 1.29 is 14.7 Å². The van der Waals surface area contributed by atoms with E-state index in [0.29, 0.717) is 13.1 Å². The molecule has 0 spiro atoms. The lowest BCUT2D eigenvalue weighted by Crippen LogP contribution is -2.50. The van der Waals surface area contributed by atoms with Gasteiger partial charge in [-0.15, -0.1) is 6.58 Å². The van der Waals surface area contributed by atoms with Gasteiger partial charge in [0, 0.05) is 19.3 Å². The molecule has 1 amide bonds. The Kier molecular flexibility index (Phi) is 4.24. The van der Waals surface area contributed by atoms with E-state index >= 15 is 0 Å². The summed E-state index contributed by atoms with van der Waals surface area (Å²) < 4.78 is 1.73. The Bertz CT molecular complexity index is 610. The highest BCUT2D eigenvalue weighted by atomic mass is 16.4. The van der Waals surface area contributed by atoms with Crippen LogP contribution in [0.3, 0.4) is 0 Å². The fraction of sp³-hybridized carbons (Fsp3) is 0.588. The molecule has 1 saturated carbocycles. The second-order valence-electron chi connectivity index (χ2n) is 6.66. The smallest absolute Gasteiger partial charge is 0.338 e. The first-order valence-electron chi connectivity index (χ1n) is 8.23. The topological polar surface area (TPSA) is 75.4 Å². The molecule has 1 aliphatic carbocycles. The Labute approximate surface area is 135 Å². The molecule has 1 N–H and O–H groups in total. The van der Waals surface area contributed by atoms with Crippen LogP contribution < -0.4 is 0 Å². The lowest BCUT2D eigenvalue weighted by Gasteiger charge is -2.45. The molecular formula is C17H23N3O3. The van der Waals surface area contributed by atoms with E-state index in [1.807, 2.05) is 11.0 Å². The number of hydrogen-bond donors (Lipinski definition) is 1. The number of hydrogen-bond acceptors (Lipinski definition) is 3. The molecule has 0 atom stereocenters. The molecule has 1 aromatic heterocycles. The Balaban J connectivity index is 1.60.